The van der Waals surface area contributed by atoms with Crippen LogP contribution in [0.2, 0.25) is 0 Å². The van der Waals surface area contributed by atoms with Crippen LogP contribution in [0.5, 0.6) is 5.75 Å². The Morgan fingerprint density at radius 3 is 2.65 bits per heavy atom. The molecule has 0 aliphatic heterocycles. The molecule has 2 amide bonds. The zero-order chi connectivity index (χ0) is 15.0. The van der Waals surface area contributed by atoms with Crippen LogP contribution in [0.1, 0.15) is 26.2 Å². The number of methoxy groups -OCH3 is 1. The van der Waals surface area contributed by atoms with Gasteiger partial charge in [0.25, 0.3) is 0 Å². The third-order valence-corrected chi connectivity index (χ3v) is 3.01. The standard InChI is InChI=1S/C15H25N3O2/c1-5-6-7-11-16-15(19)17-14-12(18(2)3)9-8-10-13(14)20-4/h8-10H,5-7,11H2,1-4H3,(H2,16,17,19). The molecule has 0 saturated heterocycles. The molecule has 0 radical (unpaired) electrons. The Morgan fingerprint density at radius 2 is 2.05 bits per heavy atom. The van der Waals surface area contributed by atoms with Gasteiger partial charge in [0, 0.05) is 20.6 Å². The van der Waals surface area contributed by atoms with Gasteiger partial charge in [-0.05, 0) is 18.6 Å². The summed E-state index contributed by atoms with van der Waals surface area (Å²) in [6.45, 7) is 2.82. The van der Waals surface area contributed by atoms with Crippen LogP contribution in [-0.2, 0) is 0 Å². The largest absolute Gasteiger partial charge is 0.494 e. The number of carbonyl (C=O) groups is 1. The summed E-state index contributed by atoms with van der Waals surface area (Å²) in [5.74, 6) is 0.653. The summed E-state index contributed by atoms with van der Waals surface area (Å²) in [7, 11) is 5.46. The Morgan fingerprint density at radius 1 is 1.30 bits per heavy atom. The second-order valence-electron chi connectivity index (χ2n) is 4.84. The first-order valence-corrected chi connectivity index (χ1v) is 6.99. The summed E-state index contributed by atoms with van der Waals surface area (Å²) in [5, 5.41) is 5.73. The minimum absolute atomic E-state index is 0.200. The lowest BCUT2D eigenvalue weighted by atomic mass is 10.2. The first kappa shape index (κ1) is 16.1. The molecule has 0 aromatic heterocycles. The Labute approximate surface area is 121 Å². The molecule has 0 aliphatic rings. The van der Waals surface area contributed by atoms with E-state index in [0.29, 0.717) is 18.0 Å². The lowest BCUT2D eigenvalue weighted by molar-refractivity contribution is 0.251. The number of nitrogens with one attached hydrogen (secondary N) is 2. The van der Waals surface area contributed by atoms with Crippen molar-refractivity contribution in [1.82, 2.24) is 5.32 Å². The van der Waals surface area contributed by atoms with Gasteiger partial charge in [-0.3, -0.25) is 0 Å². The van der Waals surface area contributed by atoms with Gasteiger partial charge in [-0.1, -0.05) is 25.8 Å². The van der Waals surface area contributed by atoms with Crippen LogP contribution in [0.3, 0.4) is 0 Å². The van der Waals surface area contributed by atoms with Gasteiger partial charge in [0.2, 0.25) is 0 Å². The fourth-order valence-corrected chi connectivity index (χ4v) is 1.92. The van der Waals surface area contributed by atoms with Crippen LogP contribution < -0.4 is 20.3 Å². The van der Waals surface area contributed by atoms with E-state index in [2.05, 4.69) is 17.6 Å². The van der Waals surface area contributed by atoms with Gasteiger partial charge >= 0.3 is 6.03 Å². The van der Waals surface area contributed by atoms with Crippen molar-refractivity contribution in [2.75, 3.05) is 38.0 Å². The maximum atomic E-state index is 11.9. The molecule has 20 heavy (non-hydrogen) atoms. The fraction of sp³-hybridized carbons (Fsp3) is 0.533. The second kappa shape index (κ2) is 8.30. The van der Waals surface area contributed by atoms with Crippen LogP contribution in [0.25, 0.3) is 0 Å². The SMILES string of the molecule is CCCCCNC(=O)Nc1c(OC)cccc1N(C)C. The van der Waals surface area contributed by atoms with Crippen molar-refractivity contribution in [2.45, 2.75) is 26.2 Å². The molecule has 0 unspecified atom stereocenters. The molecule has 0 atom stereocenters. The number of ether oxygens (including phenoxy) is 1. The Bertz CT molecular complexity index is 433. The van der Waals surface area contributed by atoms with Crippen molar-refractivity contribution in [1.29, 1.82) is 0 Å². The molecule has 1 aromatic carbocycles. The maximum Gasteiger partial charge on any atom is 0.319 e. The highest BCUT2D eigenvalue weighted by molar-refractivity contribution is 5.95. The molecule has 0 saturated carbocycles. The number of carbonyl (C=O) groups excluding carboxylic acids is 1. The number of nitrogens with zero attached hydrogens (tertiary/aromatic N) is 1. The van der Waals surface area contributed by atoms with E-state index in [1.165, 1.54) is 0 Å². The molecule has 112 valence electrons. The van der Waals surface area contributed by atoms with Crippen LogP contribution in [-0.4, -0.2) is 33.8 Å². The van der Waals surface area contributed by atoms with Gasteiger partial charge in [-0.15, -0.1) is 0 Å². The number of rotatable bonds is 7. The van der Waals surface area contributed by atoms with Crippen molar-refractivity contribution in [3.05, 3.63) is 18.2 Å². The van der Waals surface area contributed by atoms with Gasteiger partial charge in [0.15, 0.2) is 0 Å². The molecule has 1 aromatic rings. The van der Waals surface area contributed by atoms with Crippen molar-refractivity contribution >= 4 is 17.4 Å². The summed E-state index contributed by atoms with van der Waals surface area (Å²) in [6.07, 6.45) is 3.26. The lowest BCUT2D eigenvalue weighted by Gasteiger charge is -2.20. The van der Waals surface area contributed by atoms with Crippen LogP contribution in [0.15, 0.2) is 18.2 Å². The molecule has 0 spiro atoms. The zero-order valence-electron chi connectivity index (χ0n) is 12.8. The molecule has 2 N–H and O–H groups in total. The summed E-state index contributed by atoms with van der Waals surface area (Å²) in [5.41, 5.74) is 1.60. The van der Waals surface area contributed by atoms with Crippen molar-refractivity contribution < 1.29 is 9.53 Å². The normalized spacial score (nSPS) is 10.0. The van der Waals surface area contributed by atoms with E-state index in [9.17, 15) is 4.79 Å². The van der Waals surface area contributed by atoms with E-state index in [1.54, 1.807) is 7.11 Å². The highest BCUT2D eigenvalue weighted by Crippen LogP contribution is 2.33. The van der Waals surface area contributed by atoms with E-state index in [-0.39, 0.29) is 6.03 Å². The van der Waals surface area contributed by atoms with E-state index in [4.69, 9.17) is 4.74 Å². The third-order valence-electron chi connectivity index (χ3n) is 3.01. The first-order valence-electron chi connectivity index (χ1n) is 6.99. The number of unbranched alkanes of at least 4 members (excludes halogenated alkanes) is 2. The Balaban J connectivity index is 2.72. The minimum atomic E-state index is -0.200. The predicted molar refractivity (Wildman–Crippen MR) is 83.9 cm³/mol. The van der Waals surface area contributed by atoms with Crippen LogP contribution in [0.4, 0.5) is 16.2 Å². The fourth-order valence-electron chi connectivity index (χ4n) is 1.92. The number of para-hydroxylation sites is 1. The molecular weight excluding hydrogens is 254 g/mol. The number of hydrogen-bond acceptors (Lipinski definition) is 3. The number of anilines is 2. The highest BCUT2D eigenvalue weighted by Gasteiger charge is 2.13. The topological polar surface area (TPSA) is 53.6 Å². The molecule has 0 heterocycles. The summed E-state index contributed by atoms with van der Waals surface area (Å²) in [4.78, 5) is 13.9. The van der Waals surface area contributed by atoms with Gasteiger partial charge < -0.3 is 20.3 Å². The molecular formula is C15H25N3O2. The molecule has 0 aliphatic carbocycles. The van der Waals surface area contributed by atoms with Gasteiger partial charge in [-0.25, -0.2) is 4.79 Å². The minimum Gasteiger partial charge on any atom is -0.494 e. The smallest absolute Gasteiger partial charge is 0.319 e. The molecule has 0 fully saturated rings. The number of urea groups is 1. The molecule has 5 heteroatoms. The van der Waals surface area contributed by atoms with Crippen LogP contribution >= 0.6 is 0 Å². The summed E-state index contributed by atoms with van der Waals surface area (Å²) < 4.78 is 5.31. The Kier molecular flexibility index (Phi) is 6.70. The highest BCUT2D eigenvalue weighted by atomic mass is 16.5. The van der Waals surface area contributed by atoms with Crippen molar-refractivity contribution in [3.63, 3.8) is 0 Å². The van der Waals surface area contributed by atoms with Crippen LogP contribution in [0, 0.1) is 0 Å². The van der Waals surface area contributed by atoms with Crippen molar-refractivity contribution in [2.24, 2.45) is 0 Å². The molecule has 1 rings (SSSR count). The van der Waals surface area contributed by atoms with E-state index < -0.39 is 0 Å². The number of amides is 2. The third kappa shape index (κ3) is 4.64. The summed E-state index contributed by atoms with van der Waals surface area (Å²) >= 11 is 0. The van der Waals surface area contributed by atoms with Crippen molar-refractivity contribution in [3.8, 4) is 5.75 Å². The average molecular weight is 279 g/mol. The van der Waals surface area contributed by atoms with Gasteiger partial charge in [0.05, 0.1) is 12.8 Å². The van der Waals surface area contributed by atoms with E-state index >= 15 is 0 Å². The monoisotopic (exact) mass is 279 g/mol. The van der Waals surface area contributed by atoms with Gasteiger partial charge in [-0.2, -0.15) is 0 Å². The Hall–Kier alpha value is -1.91. The zero-order valence-corrected chi connectivity index (χ0v) is 12.8. The van der Waals surface area contributed by atoms with E-state index in [0.717, 1.165) is 24.9 Å². The summed E-state index contributed by atoms with van der Waals surface area (Å²) in [6, 6.07) is 5.47. The number of benzene rings is 1. The molecule has 5 nitrogen and oxygen atoms in total. The first-order chi connectivity index (χ1) is 9.60. The predicted octanol–water partition coefficient (Wildman–Crippen LogP) is 3.07. The lowest BCUT2D eigenvalue weighted by Crippen LogP contribution is -2.30. The van der Waals surface area contributed by atoms with Gasteiger partial charge in [0.1, 0.15) is 11.4 Å². The average Bonchev–Trinajstić information content (AvgIpc) is 2.43. The maximum absolute atomic E-state index is 11.9. The number of hydrogen-bond donors (Lipinski definition) is 2. The molecule has 0 bridgehead atoms. The quantitative estimate of drug-likeness (QED) is 0.754. The van der Waals surface area contributed by atoms with E-state index in [1.807, 2.05) is 37.2 Å². The second-order valence-corrected chi connectivity index (χ2v) is 4.84.